The molecule has 0 aliphatic carbocycles. The maximum atomic E-state index is 12.1. The highest BCUT2D eigenvalue weighted by Gasteiger charge is 2.38. The Bertz CT molecular complexity index is 754. The number of rotatable bonds is 3. The lowest BCUT2D eigenvalue weighted by molar-refractivity contribution is -0.0398. The Morgan fingerprint density at radius 2 is 1.57 bits per heavy atom. The Labute approximate surface area is 136 Å². The van der Waals surface area contributed by atoms with Crippen LogP contribution in [0, 0.1) is 0 Å². The van der Waals surface area contributed by atoms with E-state index in [1.807, 2.05) is 18.4 Å². The third-order valence-corrected chi connectivity index (χ3v) is 4.01. The molecule has 0 fully saturated rings. The van der Waals surface area contributed by atoms with Crippen LogP contribution in [0.15, 0.2) is 53.4 Å². The van der Waals surface area contributed by atoms with Gasteiger partial charge in [0, 0.05) is 10.6 Å². The van der Waals surface area contributed by atoms with Crippen LogP contribution in [0.1, 0.15) is 20.7 Å². The van der Waals surface area contributed by atoms with Crippen LogP contribution in [0.5, 0.6) is 0 Å². The van der Waals surface area contributed by atoms with Crippen molar-refractivity contribution in [3.63, 3.8) is 0 Å². The summed E-state index contributed by atoms with van der Waals surface area (Å²) in [5, 5.41) is 2.94. The van der Waals surface area contributed by atoms with Crippen molar-refractivity contribution < 1.29 is 19.2 Å². The number of amides is 3. The number of hydroxylamine groups is 2. The second kappa shape index (κ2) is 6.13. The normalized spacial score (nSPS) is 13.0. The van der Waals surface area contributed by atoms with E-state index in [0.717, 1.165) is 4.90 Å². The molecule has 3 amide bonds. The number of carbonyl (C=O) groups is 3. The van der Waals surface area contributed by atoms with Gasteiger partial charge >= 0.3 is 6.09 Å². The number of carbonyl (C=O) groups excluding carboxylic acids is 3. The summed E-state index contributed by atoms with van der Waals surface area (Å²) in [7, 11) is 0. The zero-order valence-electron chi connectivity index (χ0n) is 12.1. The van der Waals surface area contributed by atoms with E-state index in [1.54, 1.807) is 36.0 Å². The number of imide groups is 1. The fraction of sp³-hybridized carbons (Fsp3) is 0.0625. The first-order valence-corrected chi connectivity index (χ1v) is 7.93. The van der Waals surface area contributed by atoms with Crippen molar-refractivity contribution in [1.29, 1.82) is 0 Å². The Hall–Kier alpha value is -2.80. The average Bonchev–Trinajstić information content (AvgIpc) is 2.81. The highest BCUT2D eigenvalue weighted by Crippen LogP contribution is 2.23. The van der Waals surface area contributed by atoms with Gasteiger partial charge < -0.3 is 4.84 Å². The van der Waals surface area contributed by atoms with E-state index >= 15 is 0 Å². The third kappa shape index (κ3) is 2.91. The number of hydrogen-bond donors (Lipinski definition) is 1. The molecule has 1 heterocycles. The quantitative estimate of drug-likeness (QED) is 0.692. The zero-order valence-corrected chi connectivity index (χ0v) is 12.9. The zero-order chi connectivity index (χ0) is 16.4. The lowest BCUT2D eigenvalue weighted by atomic mass is 10.1. The number of fused-ring (bicyclic) bond motifs is 1. The van der Waals surface area contributed by atoms with Gasteiger partial charge in [-0.25, -0.2) is 4.79 Å². The van der Waals surface area contributed by atoms with Crippen molar-refractivity contribution in [3.05, 3.63) is 59.7 Å². The van der Waals surface area contributed by atoms with Crippen LogP contribution in [0.4, 0.5) is 10.5 Å². The molecule has 0 spiro atoms. The minimum Gasteiger partial charge on any atom is -0.310 e. The summed E-state index contributed by atoms with van der Waals surface area (Å²) in [5.74, 6) is -1.31. The highest BCUT2D eigenvalue weighted by molar-refractivity contribution is 7.98. The second-order valence-corrected chi connectivity index (χ2v) is 5.56. The minimum atomic E-state index is -0.906. The van der Waals surface area contributed by atoms with Crippen molar-refractivity contribution in [2.75, 3.05) is 11.6 Å². The van der Waals surface area contributed by atoms with Gasteiger partial charge in [0.15, 0.2) is 0 Å². The van der Waals surface area contributed by atoms with Gasteiger partial charge in [0.05, 0.1) is 11.1 Å². The molecule has 0 atom stereocenters. The second-order valence-electron chi connectivity index (χ2n) is 4.68. The van der Waals surface area contributed by atoms with E-state index in [4.69, 9.17) is 4.84 Å². The van der Waals surface area contributed by atoms with Crippen molar-refractivity contribution in [3.8, 4) is 0 Å². The van der Waals surface area contributed by atoms with Gasteiger partial charge in [-0.15, -0.1) is 11.8 Å². The fourth-order valence-electron chi connectivity index (χ4n) is 2.15. The highest BCUT2D eigenvalue weighted by atomic mass is 32.2. The lowest BCUT2D eigenvalue weighted by Gasteiger charge is -2.13. The predicted octanol–water partition coefficient (Wildman–Crippen LogP) is 3.17. The Kier molecular flexibility index (Phi) is 4.03. The molecule has 23 heavy (non-hydrogen) atoms. The SMILES string of the molecule is CSc1ccc(NC(=O)ON2C(=O)c3ccccc3C2=O)cc1. The van der Waals surface area contributed by atoms with E-state index < -0.39 is 17.9 Å². The van der Waals surface area contributed by atoms with Crippen LogP contribution in [-0.2, 0) is 4.84 Å². The first-order chi connectivity index (χ1) is 11.1. The molecule has 6 nitrogen and oxygen atoms in total. The van der Waals surface area contributed by atoms with Crippen LogP contribution in [0.25, 0.3) is 0 Å². The molecule has 0 saturated carbocycles. The summed E-state index contributed by atoms with van der Waals surface area (Å²) in [6, 6.07) is 13.4. The molecular weight excluding hydrogens is 316 g/mol. The van der Waals surface area contributed by atoms with Crippen LogP contribution in [0.2, 0.25) is 0 Å². The third-order valence-electron chi connectivity index (χ3n) is 3.27. The lowest BCUT2D eigenvalue weighted by Crippen LogP contribution is -2.34. The maximum Gasteiger partial charge on any atom is 0.436 e. The standard InChI is InChI=1S/C16H12N2O4S/c1-23-11-8-6-10(7-9-11)17-16(21)22-18-14(19)12-4-2-3-5-13(12)15(18)20/h2-9H,1H3,(H,17,21). The van der Waals surface area contributed by atoms with Crippen molar-refractivity contribution in [2.24, 2.45) is 0 Å². The van der Waals surface area contributed by atoms with Crippen LogP contribution in [0.3, 0.4) is 0 Å². The fourth-order valence-corrected chi connectivity index (χ4v) is 2.56. The first-order valence-electron chi connectivity index (χ1n) is 6.71. The molecule has 0 bridgehead atoms. The topological polar surface area (TPSA) is 75.7 Å². The molecule has 2 aromatic carbocycles. The molecule has 2 aromatic rings. The van der Waals surface area contributed by atoms with Gasteiger partial charge in [-0.1, -0.05) is 17.2 Å². The Morgan fingerprint density at radius 3 is 2.09 bits per heavy atom. The predicted molar refractivity (Wildman–Crippen MR) is 85.3 cm³/mol. The molecule has 1 aliphatic rings. The van der Waals surface area contributed by atoms with E-state index in [0.29, 0.717) is 10.8 Å². The van der Waals surface area contributed by atoms with Gasteiger partial charge in [-0.3, -0.25) is 14.9 Å². The monoisotopic (exact) mass is 328 g/mol. The molecular formula is C16H12N2O4S. The first kappa shape index (κ1) is 15.1. The van der Waals surface area contributed by atoms with E-state index in [9.17, 15) is 14.4 Å². The van der Waals surface area contributed by atoms with Gasteiger partial charge in [-0.2, -0.15) is 0 Å². The molecule has 1 aliphatic heterocycles. The Morgan fingerprint density at radius 1 is 1.00 bits per heavy atom. The van der Waals surface area contributed by atoms with Crippen LogP contribution < -0.4 is 5.32 Å². The van der Waals surface area contributed by atoms with Crippen LogP contribution >= 0.6 is 11.8 Å². The number of nitrogens with one attached hydrogen (secondary N) is 1. The van der Waals surface area contributed by atoms with Gasteiger partial charge in [-0.05, 0) is 42.7 Å². The number of nitrogens with zero attached hydrogens (tertiary/aromatic N) is 1. The summed E-state index contributed by atoms with van der Waals surface area (Å²) in [4.78, 5) is 41.9. The molecule has 1 N–H and O–H groups in total. The smallest absolute Gasteiger partial charge is 0.310 e. The van der Waals surface area contributed by atoms with E-state index in [2.05, 4.69) is 5.32 Å². The summed E-state index contributed by atoms with van der Waals surface area (Å²) in [6.45, 7) is 0. The number of anilines is 1. The molecule has 0 radical (unpaired) electrons. The maximum absolute atomic E-state index is 12.1. The summed E-state index contributed by atoms with van der Waals surface area (Å²) in [5.41, 5.74) is 0.939. The molecule has 0 aromatic heterocycles. The number of thioether (sulfide) groups is 1. The number of benzene rings is 2. The Balaban J connectivity index is 1.69. The van der Waals surface area contributed by atoms with E-state index in [1.165, 1.54) is 12.1 Å². The van der Waals surface area contributed by atoms with Crippen molar-refractivity contribution in [2.45, 2.75) is 4.90 Å². The van der Waals surface area contributed by atoms with Crippen LogP contribution in [-0.4, -0.2) is 29.2 Å². The minimum absolute atomic E-state index is 0.217. The molecule has 0 saturated heterocycles. The molecule has 116 valence electrons. The van der Waals surface area contributed by atoms with Crippen molar-refractivity contribution in [1.82, 2.24) is 5.06 Å². The van der Waals surface area contributed by atoms with E-state index in [-0.39, 0.29) is 11.1 Å². The molecule has 0 unspecified atom stereocenters. The molecule has 7 heteroatoms. The van der Waals surface area contributed by atoms with Gasteiger partial charge in [0.25, 0.3) is 11.8 Å². The van der Waals surface area contributed by atoms with Gasteiger partial charge in [0.1, 0.15) is 0 Å². The summed E-state index contributed by atoms with van der Waals surface area (Å²) in [6.07, 6.45) is 1.04. The number of hydrogen-bond acceptors (Lipinski definition) is 5. The van der Waals surface area contributed by atoms with Crippen molar-refractivity contribution >= 4 is 35.4 Å². The summed E-state index contributed by atoms with van der Waals surface area (Å²) >= 11 is 1.57. The molecule has 3 rings (SSSR count). The summed E-state index contributed by atoms with van der Waals surface area (Å²) < 4.78 is 0. The van der Waals surface area contributed by atoms with Gasteiger partial charge in [0.2, 0.25) is 0 Å². The largest absolute Gasteiger partial charge is 0.436 e. The average molecular weight is 328 g/mol.